The molecule has 3 aromatic rings. The second-order valence-corrected chi connectivity index (χ2v) is 6.19. The summed E-state index contributed by atoms with van der Waals surface area (Å²) in [6, 6.07) is 17.5. The van der Waals surface area contributed by atoms with Crippen LogP contribution in [0.4, 0.5) is 17.1 Å². The van der Waals surface area contributed by atoms with Gasteiger partial charge in [-0.1, -0.05) is 29.8 Å². The fraction of sp³-hybridized carbons (Fsp3) is 0.143. The van der Waals surface area contributed by atoms with Crippen molar-refractivity contribution < 1.29 is 4.79 Å². The van der Waals surface area contributed by atoms with Crippen molar-refractivity contribution in [1.29, 1.82) is 0 Å². The number of amides is 1. The van der Waals surface area contributed by atoms with Gasteiger partial charge in [0.1, 0.15) is 5.69 Å². The number of carbonyl (C=O) groups is 1. The Labute approximate surface area is 147 Å². The minimum absolute atomic E-state index is 0.228. The molecule has 0 radical (unpaired) electrons. The number of aromatic nitrogens is 1. The maximum absolute atomic E-state index is 12.4. The predicted molar refractivity (Wildman–Crippen MR) is 103 cm³/mol. The summed E-state index contributed by atoms with van der Waals surface area (Å²) in [4.78, 5) is 16.6. The van der Waals surface area contributed by atoms with Gasteiger partial charge >= 0.3 is 0 Å². The summed E-state index contributed by atoms with van der Waals surface area (Å²) >= 11 is 0. The minimum Gasteiger partial charge on any atom is -0.355 e. The summed E-state index contributed by atoms with van der Waals surface area (Å²) in [5.41, 5.74) is 6.46. The molecule has 2 aromatic carbocycles. The van der Waals surface area contributed by atoms with Crippen LogP contribution in [0, 0.1) is 20.8 Å². The molecule has 0 aliphatic heterocycles. The first-order valence-corrected chi connectivity index (χ1v) is 8.19. The van der Waals surface area contributed by atoms with Gasteiger partial charge in [0.25, 0.3) is 5.91 Å². The van der Waals surface area contributed by atoms with E-state index in [0.717, 1.165) is 28.2 Å². The van der Waals surface area contributed by atoms with Crippen LogP contribution < -0.4 is 10.6 Å². The van der Waals surface area contributed by atoms with Crippen molar-refractivity contribution in [3.63, 3.8) is 0 Å². The lowest BCUT2D eigenvalue weighted by atomic mass is 10.1. The molecule has 2 N–H and O–H groups in total. The van der Waals surface area contributed by atoms with Crippen molar-refractivity contribution in [2.45, 2.75) is 20.8 Å². The monoisotopic (exact) mass is 331 g/mol. The van der Waals surface area contributed by atoms with Gasteiger partial charge in [0.05, 0.1) is 0 Å². The Kier molecular flexibility index (Phi) is 4.80. The third-order valence-electron chi connectivity index (χ3n) is 3.97. The third-order valence-corrected chi connectivity index (χ3v) is 3.97. The molecular formula is C21H21N3O. The summed E-state index contributed by atoms with van der Waals surface area (Å²) in [6.45, 7) is 6.11. The standard InChI is InChI=1S/C21H21N3O/c1-14-5-8-17(9-6-14)24-21(25)20-13-18(10-11-22-20)23-19-12-15(2)4-7-16(19)3/h4-13H,1-3H3,(H,22,23)(H,24,25). The van der Waals surface area contributed by atoms with Crippen LogP contribution in [0.1, 0.15) is 27.2 Å². The molecule has 0 aliphatic rings. The molecule has 1 aromatic heterocycles. The van der Waals surface area contributed by atoms with E-state index in [1.807, 2.05) is 44.2 Å². The summed E-state index contributed by atoms with van der Waals surface area (Å²) in [5.74, 6) is -0.228. The quantitative estimate of drug-likeness (QED) is 0.707. The van der Waals surface area contributed by atoms with Gasteiger partial charge in [0, 0.05) is 23.3 Å². The highest BCUT2D eigenvalue weighted by atomic mass is 16.1. The summed E-state index contributed by atoms with van der Waals surface area (Å²) < 4.78 is 0. The number of nitrogens with one attached hydrogen (secondary N) is 2. The van der Waals surface area contributed by atoms with Gasteiger partial charge in [-0.25, -0.2) is 0 Å². The number of hydrogen-bond acceptors (Lipinski definition) is 3. The van der Waals surface area contributed by atoms with Gasteiger partial charge < -0.3 is 10.6 Å². The number of nitrogens with zero attached hydrogens (tertiary/aromatic N) is 1. The van der Waals surface area contributed by atoms with E-state index in [-0.39, 0.29) is 5.91 Å². The van der Waals surface area contributed by atoms with E-state index in [2.05, 4.69) is 40.7 Å². The van der Waals surface area contributed by atoms with Crippen LogP contribution >= 0.6 is 0 Å². The molecule has 0 unspecified atom stereocenters. The molecule has 25 heavy (non-hydrogen) atoms. The molecule has 0 bridgehead atoms. The number of hydrogen-bond donors (Lipinski definition) is 2. The smallest absolute Gasteiger partial charge is 0.274 e. The van der Waals surface area contributed by atoms with Crippen molar-refractivity contribution in [2.75, 3.05) is 10.6 Å². The fourth-order valence-electron chi connectivity index (χ4n) is 2.49. The minimum atomic E-state index is -0.228. The Morgan fingerprint density at radius 2 is 1.56 bits per heavy atom. The Morgan fingerprint density at radius 1 is 0.840 bits per heavy atom. The molecule has 0 fully saturated rings. The van der Waals surface area contributed by atoms with Crippen LogP contribution in [0.25, 0.3) is 0 Å². The highest BCUT2D eigenvalue weighted by molar-refractivity contribution is 6.03. The molecule has 0 saturated carbocycles. The molecule has 1 heterocycles. The average molecular weight is 331 g/mol. The topological polar surface area (TPSA) is 54.0 Å². The van der Waals surface area contributed by atoms with Gasteiger partial charge in [-0.05, 0) is 62.2 Å². The molecule has 0 saturated heterocycles. The number of aryl methyl sites for hydroxylation is 3. The first kappa shape index (κ1) is 16.7. The van der Waals surface area contributed by atoms with E-state index in [4.69, 9.17) is 0 Å². The number of carbonyl (C=O) groups excluding carboxylic acids is 1. The third kappa shape index (κ3) is 4.23. The normalized spacial score (nSPS) is 10.4. The fourth-order valence-corrected chi connectivity index (χ4v) is 2.49. The van der Waals surface area contributed by atoms with Crippen molar-refractivity contribution in [3.8, 4) is 0 Å². The first-order chi connectivity index (χ1) is 12.0. The molecule has 0 aliphatic carbocycles. The van der Waals surface area contributed by atoms with Crippen molar-refractivity contribution in [2.24, 2.45) is 0 Å². The van der Waals surface area contributed by atoms with Crippen molar-refractivity contribution >= 4 is 23.0 Å². The molecule has 4 heteroatoms. The Hall–Kier alpha value is -3.14. The van der Waals surface area contributed by atoms with Crippen LogP contribution in [0.15, 0.2) is 60.8 Å². The summed E-state index contributed by atoms with van der Waals surface area (Å²) in [5, 5.41) is 6.23. The first-order valence-electron chi connectivity index (χ1n) is 8.19. The molecule has 126 valence electrons. The number of pyridine rings is 1. The van der Waals surface area contributed by atoms with Gasteiger partial charge in [0.2, 0.25) is 0 Å². The van der Waals surface area contributed by atoms with Gasteiger partial charge in [-0.15, -0.1) is 0 Å². The summed E-state index contributed by atoms with van der Waals surface area (Å²) in [7, 11) is 0. The van der Waals surface area contributed by atoms with Crippen LogP contribution in [0.5, 0.6) is 0 Å². The maximum Gasteiger partial charge on any atom is 0.274 e. The van der Waals surface area contributed by atoms with Crippen LogP contribution in [0.3, 0.4) is 0 Å². The maximum atomic E-state index is 12.4. The lowest BCUT2D eigenvalue weighted by Gasteiger charge is -2.11. The van der Waals surface area contributed by atoms with Gasteiger partial charge in [0.15, 0.2) is 0 Å². The van der Waals surface area contributed by atoms with Crippen molar-refractivity contribution in [1.82, 2.24) is 4.98 Å². The van der Waals surface area contributed by atoms with E-state index < -0.39 is 0 Å². The number of anilines is 3. The van der Waals surface area contributed by atoms with E-state index >= 15 is 0 Å². The Morgan fingerprint density at radius 3 is 2.32 bits per heavy atom. The molecule has 3 rings (SSSR count). The zero-order valence-corrected chi connectivity index (χ0v) is 14.6. The molecule has 0 atom stereocenters. The van der Waals surface area contributed by atoms with Crippen molar-refractivity contribution in [3.05, 3.63) is 83.2 Å². The Bertz CT molecular complexity index is 901. The molecule has 1 amide bonds. The zero-order valence-electron chi connectivity index (χ0n) is 14.6. The zero-order chi connectivity index (χ0) is 17.8. The Balaban J connectivity index is 1.77. The van der Waals surface area contributed by atoms with Gasteiger partial charge in [-0.3, -0.25) is 9.78 Å². The molecule has 4 nitrogen and oxygen atoms in total. The van der Waals surface area contributed by atoms with E-state index in [0.29, 0.717) is 5.69 Å². The van der Waals surface area contributed by atoms with Crippen LogP contribution in [-0.4, -0.2) is 10.9 Å². The van der Waals surface area contributed by atoms with E-state index in [1.54, 1.807) is 12.3 Å². The molecular weight excluding hydrogens is 310 g/mol. The number of benzene rings is 2. The van der Waals surface area contributed by atoms with Crippen LogP contribution in [-0.2, 0) is 0 Å². The SMILES string of the molecule is Cc1ccc(NC(=O)c2cc(Nc3cc(C)ccc3C)ccn2)cc1. The highest BCUT2D eigenvalue weighted by Gasteiger charge is 2.09. The van der Waals surface area contributed by atoms with E-state index in [1.165, 1.54) is 5.56 Å². The second-order valence-electron chi connectivity index (χ2n) is 6.19. The molecule has 0 spiro atoms. The largest absolute Gasteiger partial charge is 0.355 e. The lowest BCUT2D eigenvalue weighted by Crippen LogP contribution is -2.13. The highest BCUT2D eigenvalue weighted by Crippen LogP contribution is 2.22. The van der Waals surface area contributed by atoms with E-state index in [9.17, 15) is 4.79 Å². The van der Waals surface area contributed by atoms with Gasteiger partial charge in [-0.2, -0.15) is 0 Å². The predicted octanol–water partition coefficient (Wildman–Crippen LogP) is 5.00. The second kappa shape index (κ2) is 7.18. The average Bonchev–Trinajstić information content (AvgIpc) is 2.60. The summed E-state index contributed by atoms with van der Waals surface area (Å²) in [6.07, 6.45) is 1.64. The number of rotatable bonds is 4. The lowest BCUT2D eigenvalue weighted by molar-refractivity contribution is 0.102. The van der Waals surface area contributed by atoms with Crippen LogP contribution in [0.2, 0.25) is 0 Å².